The number of para-hydroxylation sites is 1. The minimum Gasteiger partial charge on any atom is -0.493 e. The first-order valence-electron chi connectivity index (χ1n) is 13.1. The first-order chi connectivity index (χ1) is 21.3. The molecule has 0 saturated heterocycles. The zero-order chi connectivity index (χ0) is 31.2. The maximum atomic E-state index is 13.8. The van der Waals surface area contributed by atoms with Gasteiger partial charge in [-0.2, -0.15) is 9.78 Å². The Labute approximate surface area is 266 Å². The van der Waals surface area contributed by atoms with E-state index in [4.69, 9.17) is 35.5 Å². The van der Waals surface area contributed by atoms with Gasteiger partial charge in [0.15, 0.2) is 17.3 Å². The predicted octanol–water partition coefficient (Wildman–Crippen LogP) is 7.01. The highest BCUT2D eigenvalue weighted by atomic mass is 79.9. The summed E-state index contributed by atoms with van der Waals surface area (Å²) in [5.74, 6) is 1.02. The van der Waals surface area contributed by atoms with Crippen LogP contribution in [0.2, 0.25) is 5.02 Å². The Balaban J connectivity index is 1.57. The van der Waals surface area contributed by atoms with E-state index in [1.807, 2.05) is 0 Å². The largest absolute Gasteiger partial charge is 0.493 e. The number of hydrogen-bond donors (Lipinski definition) is 0. The van der Waals surface area contributed by atoms with Crippen molar-refractivity contribution in [1.29, 1.82) is 0 Å². The van der Waals surface area contributed by atoms with E-state index in [0.29, 0.717) is 48.8 Å². The Morgan fingerprint density at radius 2 is 1.61 bits per heavy atom. The van der Waals surface area contributed by atoms with Crippen LogP contribution in [0.3, 0.4) is 0 Å². The molecule has 11 heteroatoms. The van der Waals surface area contributed by atoms with Gasteiger partial charge in [-0.3, -0.25) is 4.79 Å². The Morgan fingerprint density at radius 3 is 2.30 bits per heavy atom. The minimum absolute atomic E-state index is 0.226. The summed E-state index contributed by atoms with van der Waals surface area (Å²) >= 11 is 9.39. The molecule has 0 aliphatic heterocycles. The number of methoxy groups -OCH3 is 3. The average Bonchev–Trinajstić information content (AvgIpc) is 3.04. The third-order valence-electron chi connectivity index (χ3n) is 6.45. The van der Waals surface area contributed by atoms with E-state index in [1.54, 1.807) is 84.9 Å². The van der Waals surface area contributed by atoms with Crippen LogP contribution in [0, 0.1) is 0 Å². The molecule has 4 aromatic carbocycles. The van der Waals surface area contributed by atoms with E-state index >= 15 is 0 Å². The molecule has 0 amide bonds. The van der Waals surface area contributed by atoms with Crippen molar-refractivity contribution in [3.63, 3.8) is 0 Å². The maximum absolute atomic E-state index is 13.8. The third-order valence-corrected chi connectivity index (χ3v) is 7.20. The monoisotopic (exact) mass is 673 g/mol. The van der Waals surface area contributed by atoms with Crippen LogP contribution in [0.25, 0.3) is 28.4 Å². The number of rotatable bonds is 9. The third kappa shape index (κ3) is 6.66. The van der Waals surface area contributed by atoms with Gasteiger partial charge in [0.05, 0.1) is 38.4 Å². The lowest BCUT2D eigenvalue weighted by atomic mass is 10.1. The van der Waals surface area contributed by atoms with Gasteiger partial charge in [0.1, 0.15) is 5.75 Å². The fourth-order valence-electron chi connectivity index (χ4n) is 4.34. The molecule has 0 unspecified atom stereocenters. The van der Waals surface area contributed by atoms with Gasteiger partial charge in [-0.05, 0) is 66.2 Å². The summed E-state index contributed by atoms with van der Waals surface area (Å²) in [4.78, 5) is 31.2. The normalized spacial score (nSPS) is 11.3. The highest BCUT2D eigenvalue weighted by Crippen LogP contribution is 2.41. The Kier molecular flexibility index (Phi) is 9.42. The standard InChI is InChI=1S/C33H25BrClN3O6/c1-41-28-17-21(18-29(42-2)31(28)43-3)32-37-26-7-5-4-6-25(26)33(40)38(32)36-19-22-16-23(34)11-14-27(22)44-30(39)15-10-20-8-12-24(35)13-9-20/h4-19H,1-3H3/b15-10+,36-19?. The van der Waals surface area contributed by atoms with Gasteiger partial charge in [-0.15, -0.1) is 0 Å². The molecule has 9 nitrogen and oxygen atoms in total. The van der Waals surface area contributed by atoms with Crippen molar-refractivity contribution in [2.75, 3.05) is 21.3 Å². The first-order valence-corrected chi connectivity index (χ1v) is 14.3. The molecule has 0 atom stereocenters. The molecule has 222 valence electrons. The van der Waals surface area contributed by atoms with E-state index in [-0.39, 0.29) is 11.6 Å². The average molecular weight is 675 g/mol. The second-order valence-corrected chi connectivity index (χ2v) is 10.6. The summed E-state index contributed by atoms with van der Waals surface area (Å²) in [6.45, 7) is 0. The van der Waals surface area contributed by atoms with E-state index in [2.05, 4.69) is 21.0 Å². The number of fused-ring (bicyclic) bond motifs is 1. The molecule has 44 heavy (non-hydrogen) atoms. The molecule has 0 bridgehead atoms. The van der Waals surface area contributed by atoms with Crippen molar-refractivity contribution in [3.05, 3.63) is 116 Å². The van der Waals surface area contributed by atoms with Crippen molar-refractivity contribution in [2.45, 2.75) is 0 Å². The lowest BCUT2D eigenvalue weighted by Gasteiger charge is -2.15. The second-order valence-electron chi connectivity index (χ2n) is 9.22. The highest BCUT2D eigenvalue weighted by Gasteiger charge is 2.19. The van der Waals surface area contributed by atoms with Crippen molar-refractivity contribution < 1.29 is 23.7 Å². The van der Waals surface area contributed by atoms with Crippen molar-refractivity contribution in [3.8, 4) is 34.4 Å². The molecular formula is C33H25BrClN3O6. The second kappa shape index (κ2) is 13.6. The smallest absolute Gasteiger partial charge is 0.336 e. The Bertz CT molecular complexity index is 1950. The highest BCUT2D eigenvalue weighted by molar-refractivity contribution is 9.10. The summed E-state index contributed by atoms with van der Waals surface area (Å²) in [5.41, 5.74) is 1.79. The van der Waals surface area contributed by atoms with Crippen molar-refractivity contribution >= 4 is 56.7 Å². The number of nitrogens with zero attached hydrogens (tertiary/aromatic N) is 3. The molecule has 5 rings (SSSR count). The molecule has 0 radical (unpaired) electrons. The number of esters is 1. The van der Waals surface area contributed by atoms with Crippen LogP contribution in [0.1, 0.15) is 11.1 Å². The van der Waals surface area contributed by atoms with Gasteiger partial charge in [0.25, 0.3) is 5.56 Å². The van der Waals surface area contributed by atoms with E-state index in [1.165, 1.54) is 38.3 Å². The van der Waals surface area contributed by atoms with Crippen molar-refractivity contribution in [2.24, 2.45) is 5.10 Å². The van der Waals surface area contributed by atoms with Gasteiger partial charge in [-0.1, -0.05) is 51.8 Å². The lowest BCUT2D eigenvalue weighted by Crippen LogP contribution is -2.20. The van der Waals surface area contributed by atoms with E-state index in [9.17, 15) is 9.59 Å². The number of carbonyl (C=O) groups excluding carboxylic acids is 1. The predicted molar refractivity (Wildman–Crippen MR) is 174 cm³/mol. The summed E-state index contributed by atoms with van der Waals surface area (Å²) in [7, 11) is 4.51. The zero-order valence-corrected chi connectivity index (χ0v) is 26.1. The summed E-state index contributed by atoms with van der Waals surface area (Å²) in [6, 6.07) is 22.4. The number of ether oxygens (including phenoxy) is 4. The minimum atomic E-state index is -0.598. The van der Waals surface area contributed by atoms with Crippen LogP contribution in [0.15, 0.2) is 99.3 Å². The topological polar surface area (TPSA) is 101 Å². The fourth-order valence-corrected chi connectivity index (χ4v) is 4.85. The molecule has 5 aromatic rings. The van der Waals surface area contributed by atoms with Crippen LogP contribution in [0.5, 0.6) is 23.0 Å². The molecule has 0 aliphatic rings. The van der Waals surface area contributed by atoms with Gasteiger partial charge in [0.2, 0.25) is 5.75 Å². The van der Waals surface area contributed by atoms with Gasteiger partial charge in [-0.25, -0.2) is 9.78 Å². The lowest BCUT2D eigenvalue weighted by molar-refractivity contribution is -0.128. The maximum Gasteiger partial charge on any atom is 0.336 e. The van der Waals surface area contributed by atoms with Gasteiger partial charge >= 0.3 is 5.97 Å². The van der Waals surface area contributed by atoms with Gasteiger partial charge in [0, 0.05) is 26.7 Å². The van der Waals surface area contributed by atoms with Crippen LogP contribution < -0.4 is 24.5 Å². The van der Waals surface area contributed by atoms with Crippen LogP contribution in [-0.4, -0.2) is 43.2 Å². The molecule has 0 N–H and O–H groups in total. The molecule has 1 aromatic heterocycles. The fraction of sp³-hybridized carbons (Fsp3) is 0.0909. The number of halogens is 2. The van der Waals surface area contributed by atoms with Gasteiger partial charge < -0.3 is 18.9 Å². The SMILES string of the molecule is COc1cc(-c2nc3ccccc3c(=O)n2N=Cc2cc(Br)ccc2OC(=O)/C=C/c2ccc(Cl)cc2)cc(OC)c1OC. The van der Waals surface area contributed by atoms with Crippen LogP contribution in [-0.2, 0) is 4.79 Å². The van der Waals surface area contributed by atoms with Crippen LogP contribution in [0.4, 0.5) is 0 Å². The quantitative estimate of drug-likeness (QED) is 0.0718. The van der Waals surface area contributed by atoms with E-state index in [0.717, 1.165) is 5.56 Å². The molecule has 0 saturated carbocycles. The summed E-state index contributed by atoms with van der Waals surface area (Å²) in [5, 5.41) is 5.49. The van der Waals surface area contributed by atoms with E-state index < -0.39 is 11.5 Å². The number of benzene rings is 4. The first kappa shape index (κ1) is 30.5. The molecular weight excluding hydrogens is 650 g/mol. The number of carbonyl (C=O) groups is 1. The Morgan fingerprint density at radius 1 is 0.909 bits per heavy atom. The molecule has 0 fully saturated rings. The summed E-state index contributed by atoms with van der Waals surface area (Å²) < 4.78 is 24.0. The number of hydrogen-bond acceptors (Lipinski definition) is 8. The molecule has 0 spiro atoms. The Hall–Kier alpha value is -4.93. The van der Waals surface area contributed by atoms with Crippen LogP contribution >= 0.6 is 27.5 Å². The number of aromatic nitrogens is 2. The summed E-state index contributed by atoms with van der Waals surface area (Å²) in [6.07, 6.45) is 4.36. The van der Waals surface area contributed by atoms with Crippen molar-refractivity contribution in [1.82, 2.24) is 9.66 Å². The zero-order valence-electron chi connectivity index (χ0n) is 23.8. The molecule has 0 aliphatic carbocycles. The molecule has 1 heterocycles.